The van der Waals surface area contributed by atoms with Crippen LogP contribution in [0.4, 0.5) is 0 Å². The summed E-state index contributed by atoms with van der Waals surface area (Å²) >= 11 is 11.7. The van der Waals surface area contributed by atoms with E-state index in [1.54, 1.807) is 12.4 Å². The van der Waals surface area contributed by atoms with Gasteiger partial charge in [-0.2, -0.15) is 0 Å². The van der Waals surface area contributed by atoms with Crippen molar-refractivity contribution in [3.63, 3.8) is 0 Å². The smallest absolute Gasteiger partial charge is 0.253 e. The molecule has 1 heterocycles. The third-order valence-corrected chi connectivity index (χ3v) is 3.28. The Hall–Kier alpha value is -1.62. The lowest BCUT2D eigenvalue weighted by atomic mass is 10.1. The lowest BCUT2D eigenvalue weighted by Gasteiger charge is -2.12. The van der Waals surface area contributed by atoms with Crippen molar-refractivity contribution in [2.75, 3.05) is 0 Å². The third-order valence-electron chi connectivity index (χ3n) is 2.85. The number of aryl methyl sites for hydroxylation is 1. The largest absolute Gasteiger partial charge is 0.378 e. The summed E-state index contributed by atoms with van der Waals surface area (Å²) in [6, 6.07) is 6.46. The standard InChI is InChI=1S/C15H14Cl2N2O2/c1-9-2-10(7-18-6-9)8-19-15(21)14(20)11-3-12(16)5-13(17)4-11/h2-7,14,20H,8H2,1H3,(H,19,21). The highest BCUT2D eigenvalue weighted by Crippen LogP contribution is 2.23. The van der Waals surface area contributed by atoms with Gasteiger partial charge in [-0.3, -0.25) is 9.78 Å². The maximum absolute atomic E-state index is 12.0. The molecule has 110 valence electrons. The number of benzene rings is 1. The van der Waals surface area contributed by atoms with Crippen LogP contribution < -0.4 is 5.32 Å². The average Bonchev–Trinajstić information content (AvgIpc) is 2.43. The number of rotatable bonds is 4. The summed E-state index contributed by atoms with van der Waals surface area (Å²) in [5.41, 5.74) is 2.22. The number of hydrogen-bond donors (Lipinski definition) is 2. The van der Waals surface area contributed by atoms with Crippen LogP contribution in [0.2, 0.25) is 10.0 Å². The van der Waals surface area contributed by atoms with Gasteiger partial charge < -0.3 is 10.4 Å². The van der Waals surface area contributed by atoms with Crippen molar-refractivity contribution in [2.45, 2.75) is 19.6 Å². The SMILES string of the molecule is Cc1cncc(CNC(=O)C(O)c2cc(Cl)cc(Cl)c2)c1. The molecule has 0 saturated carbocycles. The Morgan fingerprint density at radius 3 is 2.52 bits per heavy atom. The second-order valence-electron chi connectivity index (χ2n) is 4.69. The molecule has 0 spiro atoms. The molecular weight excluding hydrogens is 311 g/mol. The number of nitrogens with one attached hydrogen (secondary N) is 1. The van der Waals surface area contributed by atoms with Crippen LogP contribution in [0.3, 0.4) is 0 Å². The maximum atomic E-state index is 12.0. The van der Waals surface area contributed by atoms with E-state index in [1.165, 1.54) is 18.2 Å². The molecule has 0 radical (unpaired) electrons. The van der Waals surface area contributed by atoms with Crippen LogP contribution >= 0.6 is 23.2 Å². The molecule has 2 rings (SSSR count). The fourth-order valence-electron chi connectivity index (χ4n) is 1.88. The molecule has 21 heavy (non-hydrogen) atoms. The number of hydrogen-bond acceptors (Lipinski definition) is 3. The first-order valence-electron chi connectivity index (χ1n) is 6.28. The van der Waals surface area contributed by atoms with E-state index in [2.05, 4.69) is 10.3 Å². The zero-order valence-corrected chi connectivity index (χ0v) is 12.8. The topological polar surface area (TPSA) is 62.2 Å². The van der Waals surface area contributed by atoms with Gasteiger partial charge in [0, 0.05) is 29.0 Å². The summed E-state index contributed by atoms with van der Waals surface area (Å²) in [6.07, 6.45) is 2.07. The number of aliphatic hydroxyl groups excluding tert-OH is 1. The number of pyridine rings is 1. The van der Waals surface area contributed by atoms with Crippen molar-refractivity contribution in [3.05, 3.63) is 63.4 Å². The average molecular weight is 325 g/mol. The van der Waals surface area contributed by atoms with E-state index >= 15 is 0 Å². The highest BCUT2D eigenvalue weighted by atomic mass is 35.5. The quantitative estimate of drug-likeness (QED) is 0.908. The lowest BCUT2D eigenvalue weighted by Crippen LogP contribution is -2.28. The summed E-state index contributed by atoms with van der Waals surface area (Å²) in [7, 11) is 0. The minimum Gasteiger partial charge on any atom is -0.378 e. The molecule has 6 heteroatoms. The fraction of sp³-hybridized carbons (Fsp3) is 0.200. The van der Waals surface area contributed by atoms with Crippen LogP contribution in [-0.2, 0) is 11.3 Å². The van der Waals surface area contributed by atoms with Crippen LogP contribution in [0.1, 0.15) is 22.8 Å². The second-order valence-corrected chi connectivity index (χ2v) is 5.57. The molecule has 0 aliphatic heterocycles. The summed E-state index contributed by atoms with van der Waals surface area (Å²) in [6.45, 7) is 2.21. The Bertz CT molecular complexity index is 642. The van der Waals surface area contributed by atoms with Gasteiger partial charge in [-0.15, -0.1) is 0 Å². The summed E-state index contributed by atoms with van der Waals surface area (Å²) in [5.74, 6) is -0.519. The van der Waals surface area contributed by atoms with Gasteiger partial charge in [-0.25, -0.2) is 0 Å². The first-order valence-corrected chi connectivity index (χ1v) is 7.03. The minimum absolute atomic E-state index is 0.291. The Morgan fingerprint density at radius 1 is 1.24 bits per heavy atom. The van der Waals surface area contributed by atoms with Crippen molar-refractivity contribution in [1.29, 1.82) is 0 Å². The van der Waals surface area contributed by atoms with Crippen molar-refractivity contribution in [1.82, 2.24) is 10.3 Å². The van der Waals surface area contributed by atoms with Crippen LogP contribution in [0.25, 0.3) is 0 Å². The minimum atomic E-state index is -1.32. The van der Waals surface area contributed by atoms with E-state index in [0.717, 1.165) is 11.1 Å². The van der Waals surface area contributed by atoms with E-state index in [1.807, 2.05) is 13.0 Å². The number of amides is 1. The molecule has 0 saturated heterocycles. The number of aliphatic hydroxyl groups is 1. The molecule has 0 fully saturated rings. The van der Waals surface area contributed by atoms with Crippen molar-refractivity contribution in [3.8, 4) is 0 Å². The molecule has 1 atom stereocenters. The summed E-state index contributed by atoms with van der Waals surface area (Å²) < 4.78 is 0. The summed E-state index contributed by atoms with van der Waals surface area (Å²) in [5, 5.41) is 13.4. The molecule has 0 aliphatic carbocycles. The van der Waals surface area contributed by atoms with Gasteiger partial charge in [0.1, 0.15) is 0 Å². The maximum Gasteiger partial charge on any atom is 0.253 e. The van der Waals surface area contributed by atoms with Crippen LogP contribution in [-0.4, -0.2) is 16.0 Å². The zero-order valence-electron chi connectivity index (χ0n) is 11.3. The molecule has 1 unspecified atom stereocenters. The predicted molar refractivity (Wildman–Crippen MR) is 82.2 cm³/mol. The molecule has 0 aliphatic rings. The molecule has 2 N–H and O–H groups in total. The molecule has 1 aromatic carbocycles. The van der Waals surface area contributed by atoms with Gasteiger partial charge in [0.2, 0.25) is 0 Å². The van der Waals surface area contributed by atoms with E-state index in [-0.39, 0.29) is 0 Å². The number of carbonyl (C=O) groups excluding carboxylic acids is 1. The number of aromatic nitrogens is 1. The van der Waals surface area contributed by atoms with Crippen molar-refractivity contribution < 1.29 is 9.90 Å². The zero-order chi connectivity index (χ0) is 15.4. The van der Waals surface area contributed by atoms with Gasteiger partial charge in [-0.1, -0.05) is 29.3 Å². The van der Waals surface area contributed by atoms with Crippen LogP contribution in [0.15, 0.2) is 36.7 Å². The van der Waals surface area contributed by atoms with Gasteiger partial charge in [-0.05, 0) is 41.8 Å². The molecule has 4 nitrogen and oxygen atoms in total. The highest BCUT2D eigenvalue weighted by molar-refractivity contribution is 6.34. The molecule has 2 aromatic rings. The number of carbonyl (C=O) groups is 1. The van der Waals surface area contributed by atoms with Crippen molar-refractivity contribution >= 4 is 29.1 Å². The van der Waals surface area contributed by atoms with Gasteiger partial charge >= 0.3 is 0 Å². The first-order chi connectivity index (χ1) is 9.95. The predicted octanol–water partition coefficient (Wildman–Crippen LogP) is 3.05. The van der Waals surface area contributed by atoms with E-state index in [0.29, 0.717) is 22.2 Å². The first kappa shape index (κ1) is 15.8. The molecule has 1 aromatic heterocycles. The Labute approximate surface area is 132 Å². The third kappa shape index (κ3) is 4.43. The number of nitrogens with zero attached hydrogens (tertiary/aromatic N) is 1. The molecule has 1 amide bonds. The van der Waals surface area contributed by atoms with E-state index in [9.17, 15) is 9.90 Å². The lowest BCUT2D eigenvalue weighted by molar-refractivity contribution is -0.129. The summed E-state index contributed by atoms with van der Waals surface area (Å²) in [4.78, 5) is 16.0. The van der Waals surface area contributed by atoms with E-state index in [4.69, 9.17) is 23.2 Å². The number of halogens is 2. The molecule has 0 bridgehead atoms. The van der Waals surface area contributed by atoms with Gasteiger partial charge in [0.25, 0.3) is 5.91 Å². The highest BCUT2D eigenvalue weighted by Gasteiger charge is 2.18. The van der Waals surface area contributed by atoms with Crippen LogP contribution in [0, 0.1) is 6.92 Å². The molecular formula is C15H14Cl2N2O2. The van der Waals surface area contributed by atoms with E-state index < -0.39 is 12.0 Å². The second kappa shape index (κ2) is 6.89. The monoisotopic (exact) mass is 324 g/mol. The normalized spacial score (nSPS) is 12.0. The Morgan fingerprint density at radius 2 is 1.90 bits per heavy atom. The Balaban J connectivity index is 2.02. The fourth-order valence-corrected chi connectivity index (χ4v) is 2.43. The van der Waals surface area contributed by atoms with Crippen LogP contribution in [0.5, 0.6) is 0 Å². The van der Waals surface area contributed by atoms with Gasteiger partial charge in [0.05, 0.1) is 0 Å². The van der Waals surface area contributed by atoms with Gasteiger partial charge in [0.15, 0.2) is 6.10 Å². The Kier molecular flexibility index (Phi) is 5.17. The van der Waals surface area contributed by atoms with Crippen molar-refractivity contribution in [2.24, 2.45) is 0 Å².